The molecule has 188 valence electrons. The summed E-state index contributed by atoms with van der Waals surface area (Å²) in [4.78, 5) is 28.1. The predicted octanol–water partition coefficient (Wildman–Crippen LogP) is 1.16. The lowest BCUT2D eigenvalue weighted by Crippen LogP contribution is -2.41. The first kappa shape index (κ1) is 25.0. The molecular formula is C21H23FN4O7S2. The van der Waals surface area contributed by atoms with Gasteiger partial charge in [-0.05, 0) is 43.5 Å². The van der Waals surface area contributed by atoms with Crippen molar-refractivity contribution in [3.63, 3.8) is 0 Å². The molecule has 4 rings (SSSR count). The minimum absolute atomic E-state index is 0.000215. The zero-order chi connectivity index (χ0) is 25.7. The highest BCUT2D eigenvalue weighted by Crippen LogP contribution is 2.30. The molecule has 1 fully saturated rings. The highest BCUT2D eigenvalue weighted by Gasteiger charge is 2.34. The molecule has 0 amide bonds. The van der Waals surface area contributed by atoms with Crippen LogP contribution in [0.25, 0.3) is 11.2 Å². The third kappa shape index (κ3) is 4.60. The van der Waals surface area contributed by atoms with Gasteiger partial charge in [-0.2, -0.15) is 4.31 Å². The summed E-state index contributed by atoms with van der Waals surface area (Å²) in [5.74, 6) is -2.14. The van der Waals surface area contributed by atoms with Crippen LogP contribution in [0.4, 0.5) is 4.39 Å². The monoisotopic (exact) mass is 526 g/mol. The summed E-state index contributed by atoms with van der Waals surface area (Å²) in [7, 11) is -7.76. The lowest BCUT2D eigenvalue weighted by Gasteiger charge is -2.31. The molecule has 0 radical (unpaired) electrons. The number of fused-ring (bicyclic) bond motifs is 1. The number of hydrogen-bond donors (Lipinski definition) is 1. The molecule has 3 heterocycles. The summed E-state index contributed by atoms with van der Waals surface area (Å²) in [6, 6.07) is 4.56. The van der Waals surface area contributed by atoms with Crippen molar-refractivity contribution in [3.05, 3.63) is 52.3 Å². The van der Waals surface area contributed by atoms with Crippen molar-refractivity contribution in [2.24, 2.45) is 0 Å². The number of aryl methyl sites for hydroxylation is 1. The second-order valence-corrected chi connectivity index (χ2v) is 12.4. The molecule has 0 atom stereocenters. The lowest BCUT2D eigenvalue weighted by atomic mass is 10.1. The van der Waals surface area contributed by atoms with Crippen LogP contribution in [0, 0.1) is 12.7 Å². The summed E-state index contributed by atoms with van der Waals surface area (Å²) in [6.07, 6.45) is 2.45. The largest absolute Gasteiger partial charge is 0.480 e. The summed E-state index contributed by atoms with van der Waals surface area (Å²) in [5.41, 5.74) is 0.0573. The van der Waals surface area contributed by atoms with Gasteiger partial charge in [0.2, 0.25) is 10.0 Å². The fraction of sp³-hybridized carbons (Fsp3) is 0.381. The van der Waals surface area contributed by atoms with Gasteiger partial charge in [-0.3, -0.25) is 13.9 Å². The Morgan fingerprint density at radius 1 is 1.17 bits per heavy atom. The van der Waals surface area contributed by atoms with E-state index in [4.69, 9.17) is 0 Å². The van der Waals surface area contributed by atoms with Crippen LogP contribution < -0.4 is 5.69 Å². The maximum atomic E-state index is 14.3. The molecule has 1 aliphatic heterocycles. The Morgan fingerprint density at radius 2 is 1.83 bits per heavy atom. The number of sulfonamides is 1. The van der Waals surface area contributed by atoms with Gasteiger partial charge in [0.25, 0.3) is 0 Å². The van der Waals surface area contributed by atoms with E-state index in [1.54, 1.807) is 6.92 Å². The van der Waals surface area contributed by atoms with Crippen molar-refractivity contribution in [2.45, 2.75) is 42.1 Å². The van der Waals surface area contributed by atoms with Gasteiger partial charge in [-0.15, -0.1) is 0 Å². The minimum Gasteiger partial charge on any atom is -0.480 e. The first-order valence-electron chi connectivity index (χ1n) is 10.6. The van der Waals surface area contributed by atoms with Crippen molar-refractivity contribution < 1.29 is 31.1 Å². The van der Waals surface area contributed by atoms with Crippen LogP contribution in [-0.2, 0) is 31.2 Å². The van der Waals surface area contributed by atoms with E-state index in [9.17, 15) is 35.9 Å². The van der Waals surface area contributed by atoms with E-state index < -0.39 is 54.8 Å². The van der Waals surface area contributed by atoms with E-state index in [0.717, 1.165) is 27.4 Å². The molecular weight excluding hydrogens is 503 g/mol. The van der Waals surface area contributed by atoms with Crippen molar-refractivity contribution in [1.82, 2.24) is 18.4 Å². The van der Waals surface area contributed by atoms with Crippen LogP contribution in [0.15, 0.2) is 45.0 Å². The van der Waals surface area contributed by atoms with Crippen LogP contribution >= 0.6 is 0 Å². The number of carbonyl (C=O) groups is 1. The third-order valence-corrected chi connectivity index (χ3v) is 9.00. The van der Waals surface area contributed by atoms with E-state index in [2.05, 4.69) is 4.98 Å². The molecule has 0 saturated carbocycles. The Morgan fingerprint density at radius 3 is 2.40 bits per heavy atom. The Bertz CT molecular complexity index is 1600. The average Bonchev–Trinajstić information content (AvgIpc) is 3.03. The van der Waals surface area contributed by atoms with Crippen molar-refractivity contribution in [3.8, 4) is 0 Å². The van der Waals surface area contributed by atoms with Crippen LogP contribution in [-0.4, -0.2) is 65.7 Å². The zero-order valence-electron chi connectivity index (χ0n) is 18.9. The number of carboxylic acid groups (broad SMARTS) is 1. The van der Waals surface area contributed by atoms with Gasteiger partial charge in [0.15, 0.2) is 15.5 Å². The standard InChI is InChI=1S/C21H23FN4O7S2/c1-13-3-4-18(16(22)9-13)35(32,33)24-7-5-14(6-8-24)26-20-17(25(21(26)29)12-19(27)28)10-15(11-23-20)34(2,30)31/h3-4,9-11,14H,5-8,12H2,1-2H3,(H,27,28). The van der Waals surface area contributed by atoms with Crippen LogP contribution in [0.1, 0.15) is 24.4 Å². The Balaban J connectivity index is 1.69. The summed E-state index contributed by atoms with van der Waals surface area (Å²) < 4.78 is 67.6. The average molecular weight is 527 g/mol. The predicted molar refractivity (Wildman–Crippen MR) is 123 cm³/mol. The van der Waals surface area contributed by atoms with E-state index in [0.29, 0.717) is 5.56 Å². The number of aromatic nitrogens is 3. The van der Waals surface area contributed by atoms with E-state index in [1.807, 2.05) is 0 Å². The summed E-state index contributed by atoms with van der Waals surface area (Å²) >= 11 is 0. The quantitative estimate of drug-likeness (QED) is 0.503. The van der Waals surface area contributed by atoms with Gasteiger partial charge in [-0.1, -0.05) is 6.07 Å². The van der Waals surface area contributed by atoms with Crippen LogP contribution in [0.5, 0.6) is 0 Å². The van der Waals surface area contributed by atoms with Crippen molar-refractivity contribution >= 4 is 37.0 Å². The Hall–Kier alpha value is -3.10. The maximum absolute atomic E-state index is 14.3. The molecule has 1 saturated heterocycles. The van der Waals surface area contributed by atoms with Crippen molar-refractivity contribution in [2.75, 3.05) is 19.3 Å². The molecule has 2 aromatic heterocycles. The number of sulfone groups is 1. The fourth-order valence-corrected chi connectivity index (χ4v) is 6.34. The molecule has 1 N–H and O–H groups in total. The second-order valence-electron chi connectivity index (χ2n) is 8.49. The molecule has 3 aromatic rings. The van der Waals surface area contributed by atoms with Gasteiger partial charge in [-0.25, -0.2) is 31.0 Å². The van der Waals surface area contributed by atoms with Crippen LogP contribution in [0.3, 0.4) is 0 Å². The Kier molecular flexibility index (Phi) is 6.32. The summed E-state index contributed by atoms with van der Waals surface area (Å²) in [5, 5.41) is 9.26. The molecule has 0 spiro atoms. The first-order valence-corrected chi connectivity index (χ1v) is 13.9. The van der Waals surface area contributed by atoms with Gasteiger partial charge < -0.3 is 5.11 Å². The van der Waals surface area contributed by atoms with Gasteiger partial charge in [0.05, 0.1) is 10.4 Å². The fourth-order valence-electron chi connectivity index (χ4n) is 4.25. The SMILES string of the molecule is Cc1ccc(S(=O)(=O)N2CCC(n3c(=O)n(CC(=O)O)c4cc(S(C)(=O)=O)cnc43)CC2)c(F)c1. The number of nitrogens with zero attached hydrogens (tertiary/aromatic N) is 4. The smallest absolute Gasteiger partial charge is 0.331 e. The van der Waals surface area contributed by atoms with E-state index in [-0.39, 0.29) is 42.0 Å². The molecule has 1 aromatic carbocycles. The molecule has 0 aliphatic carbocycles. The normalized spacial score (nSPS) is 16.1. The molecule has 0 unspecified atom stereocenters. The number of piperidine rings is 1. The Labute approximate surface area is 200 Å². The molecule has 11 nitrogen and oxygen atoms in total. The minimum atomic E-state index is -4.09. The summed E-state index contributed by atoms with van der Waals surface area (Å²) in [6.45, 7) is 0.952. The second kappa shape index (κ2) is 8.84. The topological polar surface area (TPSA) is 149 Å². The number of benzene rings is 1. The van der Waals surface area contributed by atoms with E-state index in [1.165, 1.54) is 22.8 Å². The number of pyridine rings is 1. The highest BCUT2D eigenvalue weighted by atomic mass is 32.2. The molecule has 35 heavy (non-hydrogen) atoms. The zero-order valence-corrected chi connectivity index (χ0v) is 20.5. The van der Waals surface area contributed by atoms with E-state index >= 15 is 0 Å². The molecule has 14 heteroatoms. The first-order chi connectivity index (χ1) is 16.3. The molecule has 1 aliphatic rings. The van der Waals surface area contributed by atoms with Gasteiger partial charge in [0, 0.05) is 31.6 Å². The maximum Gasteiger partial charge on any atom is 0.331 e. The number of aliphatic carboxylic acids is 1. The molecule has 0 bridgehead atoms. The number of halogens is 1. The number of carboxylic acids is 1. The number of rotatable bonds is 6. The van der Waals surface area contributed by atoms with Crippen molar-refractivity contribution in [1.29, 1.82) is 0 Å². The number of hydrogen-bond acceptors (Lipinski definition) is 7. The highest BCUT2D eigenvalue weighted by molar-refractivity contribution is 7.90. The third-order valence-electron chi connectivity index (χ3n) is 5.99. The van der Waals surface area contributed by atoms with Gasteiger partial charge >= 0.3 is 11.7 Å². The van der Waals surface area contributed by atoms with Gasteiger partial charge in [0.1, 0.15) is 17.3 Å². The lowest BCUT2D eigenvalue weighted by molar-refractivity contribution is -0.137. The van der Waals surface area contributed by atoms with Crippen LogP contribution in [0.2, 0.25) is 0 Å². The number of imidazole rings is 1.